The maximum Gasteiger partial charge on any atom is 0.306 e. The smallest absolute Gasteiger partial charge is 0.306 e. The van der Waals surface area contributed by atoms with E-state index in [2.05, 4.69) is 38.2 Å². The predicted octanol–water partition coefficient (Wildman–Crippen LogP) is 6.62. The molecule has 0 saturated heterocycles. The SMILES string of the molecule is CC/C=C/C=C/C=C/CCCCCCCC(=O)OCC(COCCC(C(=O)[O-])[N+](C)(C)C)OC(=O)CCCCCCCCC. The number of carbonyl (C=O) groups excluding carboxylic acids is 3. The number of esters is 2. The quantitative estimate of drug-likeness (QED) is 0.0400. The Bertz CT molecular complexity index is 829. The molecule has 0 rings (SSSR count). The van der Waals surface area contributed by atoms with Gasteiger partial charge in [0, 0.05) is 19.3 Å². The van der Waals surface area contributed by atoms with Crippen LogP contribution in [0.15, 0.2) is 36.5 Å². The van der Waals surface area contributed by atoms with E-state index in [0.29, 0.717) is 12.8 Å². The van der Waals surface area contributed by atoms with Crippen LogP contribution in [-0.2, 0) is 28.6 Å². The minimum Gasteiger partial charge on any atom is -0.544 e. The molecule has 0 aliphatic heterocycles. The number of hydrogen-bond acceptors (Lipinski definition) is 7. The van der Waals surface area contributed by atoms with Crippen LogP contribution >= 0.6 is 0 Å². The van der Waals surface area contributed by atoms with E-state index in [0.717, 1.165) is 64.2 Å². The number of hydrogen-bond donors (Lipinski definition) is 0. The summed E-state index contributed by atoms with van der Waals surface area (Å²) in [7, 11) is 5.37. The minimum absolute atomic E-state index is 0.0344. The van der Waals surface area contributed by atoms with Gasteiger partial charge in [0.2, 0.25) is 0 Å². The highest BCUT2D eigenvalue weighted by atomic mass is 16.6. The number of aliphatic carboxylic acids is 1. The van der Waals surface area contributed by atoms with Crippen molar-refractivity contribution in [1.29, 1.82) is 0 Å². The van der Waals surface area contributed by atoms with Crippen LogP contribution in [0.1, 0.15) is 123 Å². The summed E-state index contributed by atoms with van der Waals surface area (Å²) in [5, 5.41) is 11.5. The molecule has 0 heterocycles. The molecule has 0 N–H and O–H groups in total. The van der Waals surface area contributed by atoms with Gasteiger partial charge in [-0.3, -0.25) is 9.59 Å². The van der Waals surface area contributed by atoms with Crippen LogP contribution in [-0.4, -0.2) is 75.5 Å². The molecule has 0 fully saturated rings. The van der Waals surface area contributed by atoms with Crippen molar-refractivity contribution < 1.29 is 38.2 Å². The van der Waals surface area contributed by atoms with E-state index >= 15 is 0 Å². The van der Waals surface area contributed by atoms with Gasteiger partial charge in [0.05, 0.1) is 40.3 Å². The van der Waals surface area contributed by atoms with Crippen LogP contribution in [0.4, 0.5) is 0 Å². The van der Waals surface area contributed by atoms with Crippen molar-refractivity contribution in [2.75, 3.05) is 41.0 Å². The number of ether oxygens (including phenoxy) is 3. The fourth-order valence-corrected chi connectivity index (χ4v) is 4.66. The van der Waals surface area contributed by atoms with E-state index in [1.807, 2.05) is 12.2 Å². The summed E-state index contributed by atoms with van der Waals surface area (Å²) in [5.74, 6) is -1.78. The van der Waals surface area contributed by atoms with Gasteiger partial charge < -0.3 is 28.6 Å². The summed E-state index contributed by atoms with van der Waals surface area (Å²) >= 11 is 0. The highest BCUT2D eigenvalue weighted by Gasteiger charge is 2.25. The normalized spacial score (nSPS) is 13.6. The molecule has 0 amide bonds. The summed E-state index contributed by atoms with van der Waals surface area (Å²) in [6.07, 6.45) is 27.5. The van der Waals surface area contributed by atoms with Crippen LogP contribution in [0, 0.1) is 0 Å². The molecule has 2 unspecified atom stereocenters. The first-order valence-corrected chi connectivity index (χ1v) is 17.0. The molecule has 8 nitrogen and oxygen atoms in total. The second-order valence-corrected chi connectivity index (χ2v) is 12.4. The Morgan fingerprint density at radius 3 is 1.86 bits per heavy atom. The number of unbranched alkanes of at least 4 members (excludes halogenated alkanes) is 11. The van der Waals surface area contributed by atoms with E-state index in [1.165, 1.54) is 25.7 Å². The topological polar surface area (TPSA) is 102 Å². The average molecular weight is 622 g/mol. The Morgan fingerprint density at radius 2 is 1.27 bits per heavy atom. The third-order valence-corrected chi connectivity index (χ3v) is 7.35. The number of rotatable bonds is 29. The molecule has 0 aromatic rings. The number of quaternary nitrogens is 1. The molecule has 8 heteroatoms. The highest BCUT2D eigenvalue weighted by Crippen LogP contribution is 2.12. The van der Waals surface area contributed by atoms with Crippen LogP contribution in [0.5, 0.6) is 0 Å². The van der Waals surface area contributed by atoms with Crippen molar-refractivity contribution in [2.45, 2.75) is 135 Å². The Labute approximate surface area is 268 Å². The maximum atomic E-state index is 12.5. The van der Waals surface area contributed by atoms with E-state index in [1.54, 1.807) is 21.1 Å². The lowest BCUT2D eigenvalue weighted by atomic mass is 10.1. The van der Waals surface area contributed by atoms with Gasteiger partial charge >= 0.3 is 11.9 Å². The van der Waals surface area contributed by atoms with Crippen molar-refractivity contribution in [3.63, 3.8) is 0 Å². The van der Waals surface area contributed by atoms with Crippen molar-refractivity contribution in [1.82, 2.24) is 0 Å². The zero-order valence-corrected chi connectivity index (χ0v) is 28.6. The maximum absolute atomic E-state index is 12.5. The molecule has 254 valence electrons. The van der Waals surface area contributed by atoms with Crippen molar-refractivity contribution >= 4 is 17.9 Å². The number of allylic oxidation sites excluding steroid dienone is 6. The predicted molar refractivity (Wildman–Crippen MR) is 176 cm³/mol. The zero-order valence-electron chi connectivity index (χ0n) is 28.6. The van der Waals surface area contributed by atoms with Gasteiger partial charge in [0.25, 0.3) is 0 Å². The Kier molecular flexibility index (Phi) is 26.5. The molecule has 0 aromatic carbocycles. The molecule has 0 spiro atoms. The summed E-state index contributed by atoms with van der Waals surface area (Å²) in [6.45, 7) is 4.43. The third-order valence-electron chi connectivity index (χ3n) is 7.35. The fourth-order valence-electron chi connectivity index (χ4n) is 4.66. The van der Waals surface area contributed by atoms with E-state index in [4.69, 9.17) is 14.2 Å². The lowest BCUT2D eigenvalue weighted by Gasteiger charge is -2.34. The molecule has 2 atom stereocenters. The fraction of sp³-hybridized carbons (Fsp3) is 0.750. The summed E-state index contributed by atoms with van der Waals surface area (Å²) in [5.41, 5.74) is 0. The first-order valence-electron chi connectivity index (χ1n) is 17.0. The van der Waals surface area contributed by atoms with Crippen molar-refractivity contribution in [3.8, 4) is 0 Å². The Morgan fingerprint density at radius 1 is 0.705 bits per heavy atom. The highest BCUT2D eigenvalue weighted by molar-refractivity contribution is 5.70. The summed E-state index contributed by atoms with van der Waals surface area (Å²) in [6, 6.07) is -0.724. The molecule has 0 saturated carbocycles. The number of nitrogens with zero attached hydrogens (tertiary/aromatic N) is 1. The van der Waals surface area contributed by atoms with Gasteiger partial charge in [-0.05, 0) is 32.1 Å². The molecular weight excluding hydrogens is 558 g/mol. The van der Waals surface area contributed by atoms with Crippen molar-refractivity contribution in [3.05, 3.63) is 36.5 Å². The third kappa shape index (κ3) is 26.0. The van der Waals surface area contributed by atoms with Crippen LogP contribution in [0.25, 0.3) is 0 Å². The van der Waals surface area contributed by atoms with Crippen LogP contribution in [0.2, 0.25) is 0 Å². The number of carboxylic acids is 1. The first kappa shape index (κ1) is 41.5. The van der Waals surface area contributed by atoms with E-state index in [9.17, 15) is 19.5 Å². The summed E-state index contributed by atoms with van der Waals surface area (Å²) in [4.78, 5) is 36.4. The first-order chi connectivity index (χ1) is 21.1. The summed E-state index contributed by atoms with van der Waals surface area (Å²) < 4.78 is 16.9. The Hall–Kier alpha value is -2.45. The lowest BCUT2D eigenvalue weighted by molar-refractivity contribution is -0.889. The zero-order chi connectivity index (χ0) is 32.9. The van der Waals surface area contributed by atoms with Crippen molar-refractivity contribution in [2.24, 2.45) is 0 Å². The molecule has 0 aliphatic carbocycles. The van der Waals surface area contributed by atoms with Crippen LogP contribution in [0.3, 0.4) is 0 Å². The molecule has 44 heavy (non-hydrogen) atoms. The van der Waals surface area contributed by atoms with Gasteiger partial charge in [-0.1, -0.05) is 108 Å². The monoisotopic (exact) mass is 621 g/mol. The van der Waals surface area contributed by atoms with Gasteiger partial charge in [0.1, 0.15) is 12.6 Å². The van der Waals surface area contributed by atoms with Gasteiger partial charge in [0.15, 0.2) is 6.10 Å². The number of carbonyl (C=O) groups is 3. The number of carboxylic acid groups (broad SMARTS) is 1. The number of likely N-dealkylation sites (N-methyl/N-ethyl adjacent to an activating group) is 1. The largest absolute Gasteiger partial charge is 0.544 e. The molecule has 0 aromatic heterocycles. The minimum atomic E-state index is -1.13. The molecule has 0 radical (unpaired) electrons. The second kappa shape index (κ2) is 28.1. The lowest BCUT2D eigenvalue weighted by Crippen LogP contribution is -2.55. The molecule has 0 aliphatic rings. The van der Waals surface area contributed by atoms with E-state index < -0.39 is 18.1 Å². The Balaban J connectivity index is 4.46. The van der Waals surface area contributed by atoms with Gasteiger partial charge in [-0.25, -0.2) is 0 Å². The standard InChI is InChI=1S/C36H63NO7/c1-6-8-10-12-14-15-16-17-18-19-21-22-24-26-34(38)43-31-32(30-42-29-28-33(36(40)41)37(3,4)5)44-35(39)27-25-23-20-13-11-9-7-2/h8,10,12,14-16,32-33H,6-7,9,11,13,17-31H2,1-5H3/b10-8+,14-12+,16-15+. The van der Waals surface area contributed by atoms with Gasteiger partial charge in [-0.2, -0.15) is 0 Å². The molecule has 0 bridgehead atoms. The van der Waals surface area contributed by atoms with Crippen LogP contribution < -0.4 is 5.11 Å². The average Bonchev–Trinajstić information content (AvgIpc) is 2.96. The van der Waals surface area contributed by atoms with E-state index in [-0.39, 0.29) is 42.7 Å². The second-order valence-electron chi connectivity index (χ2n) is 12.4. The van der Waals surface area contributed by atoms with Gasteiger partial charge in [-0.15, -0.1) is 0 Å². The molecular formula is C36H63NO7.